The molecule has 0 bridgehead atoms. The van der Waals surface area contributed by atoms with Crippen LogP contribution in [-0.4, -0.2) is 32.9 Å². The van der Waals surface area contributed by atoms with Gasteiger partial charge in [-0.25, -0.2) is 9.78 Å². The van der Waals surface area contributed by atoms with Gasteiger partial charge in [0.15, 0.2) is 0 Å². The molecule has 1 atom stereocenters. The molecule has 1 N–H and O–H groups in total. The Labute approximate surface area is 166 Å². The molecule has 6 heteroatoms. The third-order valence-electron chi connectivity index (χ3n) is 4.45. The number of benzene rings is 1. The lowest BCUT2D eigenvalue weighted by atomic mass is 9.86. The number of nitrogens with one attached hydrogen (secondary N) is 1. The van der Waals surface area contributed by atoms with E-state index in [0.717, 1.165) is 28.7 Å². The minimum atomic E-state index is -0.145. The predicted octanol–water partition coefficient (Wildman–Crippen LogP) is 4.34. The van der Waals surface area contributed by atoms with Crippen LogP contribution in [0.5, 0.6) is 0 Å². The Morgan fingerprint density at radius 3 is 2.54 bits per heavy atom. The molecule has 0 saturated carbocycles. The van der Waals surface area contributed by atoms with Gasteiger partial charge >= 0.3 is 6.03 Å². The zero-order valence-corrected chi connectivity index (χ0v) is 16.9. The van der Waals surface area contributed by atoms with E-state index in [9.17, 15) is 4.79 Å². The first-order valence-electron chi connectivity index (χ1n) is 9.44. The molecule has 0 spiro atoms. The Kier molecular flexibility index (Phi) is 5.87. The van der Waals surface area contributed by atoms with Gasteiger partial charge in [-0.2, -0.15) is 0 Å². The molecule has 0 aliphatic rings. The van der Waals surface area contributed by atoms with Crippen molar-refractivity contribution < 1.29 is 4.79 Å². The lowest BCUT2D eigenvalue weighted by Crippen LogP contribution is -2.40. The normalized spacial score (nSPS) is 12.6. The van der Waals surface area contributed by atoms with Gasteiger partial charge in [0.05, 0.1) is 35.5 Å². The summed E-state index contributed by atoms with van der Waals surface area (Å²) in [5, 5.41) is 3.15. The molecule has 0 radical (unpaired) electrons. The number of aromatic nitrogens is 3. The molecule has 0 aliphatic heterocycles. The van der Waals surface area contributed by atoms with E-state index in [2.05, 4.69) is 41.0 Å². The van der Waals surface area contributed by atoms with Crippen LogP contribution in [-0.2, 0) is 6.54 Å². The molecule has 2 heterocycles. The molecule has 0 fully saturated rings. The number of rotatable bonds is 5. The van der Waals surface area contributed by atoms with Crippen molar-refractivity contribution in [2.75, 3.05) is 7.05 Å². The number of hydrogen-bond donors (Lipinski definition) is 1. The number of carbonyl (C=O) groups is 1. The van der Waals surface area contributed by atoms with Gasteiger partial charge in [-0.15, -0.1) is 0 Å². The largest absolute Gasteiger partial charge is 0.331 e. The molecule has 3 rings (SSSR count). The fraction of sp³-hybridized carbons (Fsp3) is 0.364. The molecule has 2 amide bonds. The van der Waals surface area contributed by atoms with E-state index in [4.69, 9.17) is 0 Å². The smallest absolute Gasteiger partial charge is 0.317 e. The van der Waals surface area contributed by atoms with Gasteiger partial charge < -0.3 is 10.2 Å². The van der Waals surface area contributed by atoms with E-state index >= 15 is 0 Å². The van der Waals surface area contributed by atoms with Crippen molar-refractivity contribution in [2.24, 2.45) is 5.41 Å². The summed E-state index contributed by atoms with van der Waals surface area (Å²) in [7, 11) is 1.77. The lowest BCUT2D eigenvalue weighted by Gasteiger charge is -2.29. The van der Waals surface area contributed by atoms with Crippen molar-refractivity contribution in [1.29, 1.82) is 0 Å². The molecule has 0 saturated heterocycles. The van der Waals surface area contributed by atoms with Crippen LogP contribution < -0.4 is 5.32 Å². The molecular formula is C22H27N5O. The van der Waals surface area contributed by atoms with Gasteiger partial charge in [0.25, 0.3) is 0 Å². The average Bonchev–Trinajstić information content (AvgIpc) is 2.67. The number of amides is 2. The van der Waals surface area contributed by atoms with Crippen LogP contribution in [0.1, 0.15) is 44.5 Å². The summed E-state index contributed by atoms with van der Waals surface area (Å²) in [4.78, 5) is 27.7. The number of nitrogens with zero attached hydrogens (tertiary/aromatic N) is 4. The topological polar surface area (TPSA) is 71.0 Å². The van der Waals surface area contributed by atoms with Crippen molar-refractivity contribution >= 4 is 17.1 Å². The highest BCUT2D eigenvalue weighted by atomic mass is 16.2. The zero-order valence-electron chi connectivity index (χ0n) is 16.9. The SMILES string of the molecule is CN(Cc1cnc2ccccc2n1)C(=O)N[C@@H](CC(C)(C)C)c1cccnc1. The van der Waals surface area contributed by atoms with Gasteiger partial charge in [0.2, 0.25) is 0 Å². The Hall–Kier alpha value is -3.02. The second-order valence-electron chi connectivity index (χ2n) is 8.26. The van der Waals surface area contributed by atoms with Gasteiger partial charge in [-0.1, -0.05) is 39.0 Å². The third-order valence-corrected chi connectivity index (χ3v) is 4.45. The molecule has 2 aromatic heterocycles. The van der Waals surface area contributed by atoms with Crippen molar-refractivity contribution in [3.8, 4) is 0 Å². The first kappa shape index (κ1) is 19.7. The molecule has 0 aliphatic carbocycles. The predicted molar refractivity (Wildman–Crippen MR) is 111 cm³/mol. The van der Waals surface area contributed by atoms with E-state index in [1.807, 2.05) is 42.6 Å². The molecule has 28 heavy (non-hydrogen) atoms. The Morgan fingerprint density at radius 1 is 1.11 bits per heavy atom. The van der Waals surface area contributed by atoms with Crippen LogP contribution in [0.15, 0.2) is 55.0 Å². The number of hydrogen-bond acceptors (Lipinski definition) is 4. The molecule has 3 aromatic rings. The highest BCUT2D eigenvalue weighted by Crippen LogP contribution is 2.29. The second kappa shape index (κ2) is 8.33. The summed E-state index contributed by atoms with van der Waals surface area (Å²) in [6.45, 7) is 6.88. The maximum atomic E-state index is 12.8. The summed E-state index contributed by atoms with van der Waals surface area (Å²) in [6, 6.07) is 11.4. The summed E-state index contributed by atoms with van der Waals surface area (Å²) in [6.07, 6.45) is 6.09. The van der Waals surface area contributed by atoms with Crippen LogP contribution in [0, 0.1) is 5.41 Å². The van der Waals surface area contributed by atoms with E-state index < -0.39 is 0 Å². The number of para-hydroxylation sites is 2. The van der Waals surface area contributed by atoms with Crippen LogP contribution >= 0.6 is 0 Å². The first-order valence-corrected chi connectivity index (χ1v) is 9.44. The number of carbonyl (C=O) groups excluding carboxylic acids is 1. The summed E-state index contributed by atoms with van der Waals surface area (Å²) >= 11 is 0. The molecule has 6 nitrogen and oxygen atoms in total. The number of fused-ring (bicyclic) bond motifs is 1. The Morgan fingerprint density at radius 2 is 1.86 bits per heavy atom. The summed E-state index contributed by atoms with van der Waals surface area (Å²) < 4.78 is 0. The van der Waals surface area contributed by atoms with Crippen molar-refractivity contribution in [1.82, 2.24) is 25.2 Å². The summed E-state index contributed by atoms with van der Waals surface area (Å²) in [5.74, 6) is 0. The highest BCUT2D eigenvalue weighted by Gasteiger charge is 2.23. The van der Waals surface area contributed by atoms with E-state index in [1.165, 1.54) is 0 Å². The summed E-state index contributed by atoms with van der Waals surface area (Å²) in [5.41, 5.74) is 3.50. The fourth-order valence-electron chi connectivity index (χ4n) is 3.09. The van der Waals surface area contributed by atoms with Crippen LogP contribution in [0.3, 0.4) is 0 Å². The second-order valence-corrected chi connectivity index (χ2v) is 8.26. The van der Waals surface area contributed by atoms with Gasteiger partial charge in [0.1, 0.15) is 0 Å². The van der Waals surface area contributed by atoms with E-state index in [-0.39, 0.29) is 17.5 Å². The third kappa shape index (κ3) is 5.25. The molecule has 0 unspecified atom stereocenters. The highest BCUT2D eigenvalue weighted by molar-refractivity contribution is 5.75. The van der Waals surface area contributed by atoms with Gasteiger partial charge in [0, 0.05) is 19.4 Å². The maximum absolute atomic E-state index is 12.8. The quantitative estimate of drug-likeness (QED) is 0.718. The Balaban J connectivity index is 1.71. The minimum absolute atomic E-state index is 0.0657. The maximum Gasteiger partial charge on any atom is 0.317 e. The number of urea groups is 1. The van der Waals surface area contributed by atoms with Gasteiger partial charge in [-0.05, 0) is 35.6 Å². The Bertz CT molecular complexity index is 936. The lowest BCUT2D eigenvalue weighted by molar-refractivity contribution is 0.196. The number of pyridine rings is 1. The molecular weight excluding hydrogens is 350 g/mol. The van der Waals surface area contributed by atoms with E-state index in [1.54, 1.807) is 24.3 Å². The van der Waals surface area contributed by atoms with Crippen LogP contribution in [0.2, 0.25) is 0 Å². The first-order chi connectivity index (χ1) is 13.3. The van der Waals surface area contributed by atoms with Crippen LogP contribution in [0.25, 0.3) is 11.0 Å². The fourth-order valence-corrected chi connectivity index (χ4v) is 3.09. The zero-order chi connectivity index (χ0) is 20.1. The van der Waals surface area contributed by atoms with Crippen molar-refractivity contribution in [3.05, 3.63) is 66.2 Å². The monoisotopic (exact) mass is 377 g/mol. The standard InChI is InChI=1S/C22H27N5O/c1-22(2,3)12-20(16-8-7-11-23-13-16)26-21(28)27(4)15-17-14-24-18-9-5-6-10-19(18)25-17/h5-11,13-14,20H,12,15H2,1-4H3,(H,26,28)/t20-/m0/s1. The van der Waals surface area contributed by atoms with Gasteiger partial charge in [-0.3, -0.25) is 9.97 Å². The minimum Gasteiger partial charge on any atom is -0.331 e. The average molecular weight is 377 g/mol. The van der Waals surface area contributed by atoms with Crippen molar-refractivity contribution in [3.63, 3.8) is 0 Å². The van der Waals surface area contributed by atoms with Crippen LogP contribution in [0.4, 0.5) is 4.79 Å². The van der Waals surface area contributed by atoms with Crippen molar-refractivity contribution in [2.45, 2.75) is 39.8 Å². The van der Waals surface area contributed by atoms with E-state index in [0.29, 0.717) is 6.54 Å². The molecule has 146 valence electrons. The molecule has 1 aromatic carbocycles.